The zero-order valence-corrected chi connectivity index (χ0v) is 12.3. The zero-order chi connectivity index (χ0) is 14.2. The van der Waals surface area contributed by atoms with E-state index < -0.39 is 0 Å². The number of ether oxygens (including phenoxy) is 3. The second kappa shape index (κ2) is 7.82. The standard InChI is InChI=1S/C16H18O3S/c1-17-7-8-18-14-9-15(11-16(20)10-14)19-12-13-5-3-2-4-6-13/h2-6,9-11,20H,7-8,12H2,1H3. The van der Waals surface area contributed by atoms with Crippen LogP contribution in [0, 0.1) is 0 Å². The quantitative estimate of drug-likeness (QED) is 0.624. The molecule has 0 aliphatic heterocycles. The lowest BCUT2D eigenvalue weighted by molar-refractivity contribution is 0.146. The SMILES string of the molecule is COCCOc1cc(S)cc(OCc2ccccc2)c1. The third kappa shape index (κ3) is 4.79. The van der Waals surface area contributed by atoms with E-state index in [0.29, 0.717) is 19.8 Å². The first-order valence-corrected chi connectivity index (χ1v) is 6.85. The van der Waals surface area contributed by atoms with E-state index in [0.717, 1.165) is 22.0 Å². The van der Waals surface area contributed by atoms with E-state index in [-0.39, 0.29) is 0 Å². The van der Waals surface area contributed by atoms with Gasteiger partial charge in [-0.05, 0) is 17.7 Å². The fraction of sp³-hybridized carbons (Fsp3) is 0.250. The number of benzene rings is 2. The van der Waals surface area contributed by atoms with E-state index in [4.69, 9.17) is 14.2 Å². The molecular formula is C16H18O3S. The molecule has 0 aromatic heterocycles. The fourth-order valence-corrected chi connectivity index (χ4v) is 1.96. The Labute approximate surface area is 124 Å². The van der Waals surface area contributed by atoms with E-state index in [1.807, 2.05) is 48.5 Å². The third-order valence-corrected chi connectivity index (χ3v) is 2.93. The highest BCUT2D eigenvalue weighted by atomic mass is 32.1. The molecular weight excluding hydrogens is 272 g/mol. The van der Waals surface area contributed by atoms with Crippen molar-refractivity contribution in [2.45, 2.75) is 11.5 Å². The van der Waals surface area contributed by atoms with Gasteiger partial charge in [-0.25, -0.2) is 0 Å². The summed E-state index contributed by atoms with van der Waals surface area (Å²) < 4.78 is 16.3. The summed E-state index contributed by atoms with van der Waals surface area (Å²) in [5.74, 6) is 1.48. The summed E-state index contributed by atoms with van der Waals surface area (Å²) in [4.78, 5) is 0.808. The second-order valence-electron chi connectivity index (χ2n) is 4.28. The summed E-state index contributed by atoms with van der Waals surface area (Å²) in [6, 6.07) is 15.6. The summed E-state index contributed by atoms with van der Waals surface area (Å²) in [5.41, 5.74) is 1.12. The van der Waals surface area contributed by atoms with Gasteiger partial charge in [-0.2, -0.15) is 0 Å². The summed E-state index contributed by atoms with van der Waals surface area (Å²) >= 11 is 4.36. The number of hydrogen-bond acceptors (Lipinski definition) is 4. The van der Waals surface area contributed by atoms with Gasteiger partial charge in [0, 0.05) is 18.1 Å². The minimum absolute atomic E-state index is 0.506. The lowest BCUT2D eigenvalue weighted by atomic mass is 10.2. The van der Waals surface area contributed by atoms with Gasteiger partial charge in [0.2, 0.25) is 0 Å². The molecule has 106 valence electrons. The molecule has 0 saturated carbocycles. The summed E-state index contributed by atoms with van der Waals surface area (Å²) in [6.45, 7) is 1.58. The van der Waals surface area contributed by atoms with Crippen molar-refractivity contribution < 1.29 is 14.2 Å². The van der Waals surface area contributed by atoms with Crippen LogP contribution in [0.3, 0.4) is 0 Å². The van der Waals surface area contributed by atoms with Crippen molar-refractivity contribution in [1.82, 2.24) is 0 Å². The van der Waals surface area contributed by atoms with Crippen LogP contribution in [-0.2, 0) is 11.3 Å². The van der Waals surface area contributed by atoms with Crippen LogP contribution in [0.2, 0.25) is 0 Å². The molecule has 0 heterocycles. The monoisotopic (exact) mass is 290 g/mol. The van der Waals surface area contributed by atoms with Gasteiger partial charge in [0.1, 0.15) is 24.7 Å². The molecule has 2 aromatic rings. The molecule has 0 aliphatic carbocycles. The van der Waals surface area contributed by atoms with Crippen molar-refractivity contribution in [1.29, 1.82) is 0 Å². The van der Waals surface area contributed by atoms with Gasteiger partial charge in [0.05, 0.1) is 6.61 Å². The predicted molar refractivity (Wildman–Crippen MR) is 81.8 cm³/mol. The van der Waals surface area contributed by atoms with E-state index in [9.17, 15) is 0 Å². The average Bonchev–Trinajstić information content (AvgIpc) is 2.46. The molecule has 20 heavy (non-hydrogen) atoms. The van der Waals surface area contributed by atoms with Crippen molar-refractivity contribution in [3.8, 4) is 11.5 Å². The first kappa shape index (κ1) is 14.8. The molecule has 0 radical (unpaired) electrons. The smallest absolute Gasteiger partial charge is 0.124 e. The van der Waals surface area contributed by atoms with E-state index >= 15 is 0 Å². The van der Waals surface area contributed by atoms with Gasteiger partial charge in [-0.15, -0.1) is 12.6 Å². The van der Waals surface area contributed by atoms with Crippen LogP contribution < -0.4 is 9.47 Å². The van der Waals surface area contributed by atoms with Crippen LogP contribution in [-0.4, -0.2) is 20.3 Å². The zero-order valence-electron chi connectivity index (χ0n) is 11.4. The highest BCUT2D eigenvalue weighted by Crippen LogP contribution is 2.25. The molecule has 0 bridgehead atoms. The Hall–Kier alpha value is -1.65. The Bertz CT molecular complexity index is 529. The van der Waals surface area contributed by atoms with Crippen LogP contribution in [0.1, 0.15) is 5.56 Å². The van der Waals surface area contributed by atoms with Gasteiger partial charge >= 0.3 is 0 Å². The van der Waals surface area contributed by atoms with Crippen LogP contribution in [0.15, 0.2) is 53.4 Å². The molecule has 0 spiro atoms. The molecule has 0 atom stereocenters. The Kier molecular flexibility index (Phi) is 5.77. The molecule has 0 aliphatic rings. The summed E-state index contributed by atoms with van der Waals surface area (Å²) in [6.07, 6.45) is 0. The second-order valence-corrected chi connectivity index (χ2v) is 4.79. The van der Waals surface area contributed by atoms with Gasteiger partial charge in [0.15, 0.2) is 0 Å². The van der Waals surface area contributed by atoms with Gasteiger partial charge < -0.3 is 14.2 Å². The molecule has 0 N–H and O–H groups in total. The number of thiol groups is 1. The Morgan fingerprint density at radius 2 is 1.60 bits per heavy atom. The maximum absolute atomic E-state index is 5.76. The predicted octanol–water partition coefficient (Wildman–Crippen LogP) is 3.58. The van der Waals surface area contributed by atoms with Crippen molar-refractivity contribution >= 4 is 12.6 Å². The van der Waals surface area contributed by atoms with E-state index in [1.54, 1.807) is 7.11 Å². The van der Waals surface area contributed by atoms with Crippen molar-refractivity contribution in [3.63, 3.8) is 0 Å². The van der Waals surface area contributed by atoms with Crippen LogP contribution in [0.5, 0.6) is 11.5 Å². The molecule has 3 nitrogen and oxygen atoms in total. The molecule has 0 fully saturated rings. The third-order valence-electron chi connectivity index (χ3n) is 2.67. The molecule has 4 heteroatoms. The molecule has 2 aromatic carbocycles. The average molecular weight is 290 g/mol. The lowest BCUT2D eigenvalue weighted by Crippen LogP contribution is -2.04. The van der Waals surface area contributed by atoms with Crippen LogP contribution >= 0.6 is 12.6 Å². The van der Waals surface area contributed by atoms with Gasteiger partial charge in [-0.1, -0.05) is 30.3 Å². The highest BCUT2D eigenvalue weighted by molar-refractivity contribution is 7.80. The topological polar surface area (TPSA) is 27.7 Å². The largest absolute Gasteiger partial charge is 0.491 e. The first-order valence-electron chi connectivity index (χ1n) is 6.40. The fourth-order valence-electron chi connectivity index (χ4n) is 1.71. The van der Waals surface area contributed by atoms with Crippen molar-refractivity contribution in [2.24, 2.45) is 0 Å². The van der Waals surface area contributed by atoms with Crippen LogP contribution in [0.4, 0.5) is 0 Å². The lowest BCUT2D eigenvalue weighted by Gasteiger charge is -2.10. The Balaban J connectivity index is 1.97. The van der Waals surface area contributed by atoms with E-state index in [2.05, 4.69) is 12.6 Å². The minimum Gasteiger partial charge on any atom is -0.491 e. The molecule has 0 saturated heterocycles. The Morgan fingerprint density at radius 3 is 2.30 bits per heavy atom. The molecule has 0 amide bonds. The molecule has 2 rings (SSSR count). The Morgan fingerprint density at radius 1 is 0.900 bits per heavy atom. The maximum atomic E-state index is 5.76. The first-order chi connectivity index (χ1) is 9.78. The van der Waals surface area contributed by atoms with Gasteiger partial charge in [-0.3, -0.25) is 0 Å². The summed E-state index contributed by atoms with van der Waals surface area (Å²) in [5, 5.41) is 0. The maximum Gasteiger partial charge on any atom is 0.124 e. The van der Waals surface area contributed by atoms with Gasteiger partial charge in [0.25, 0.3) is 0 Å². The number of methoxy groups -OCH3 is 1. The number of hydrogen-bond donors (Lipinski definition) is 1. The molecule has 0 unspecified atom stereocenters. The van der Waals surface area contributed by atoms with Crippen LogP contribution in [0.25, 0.3) is 0 Å². The van der Waals surface area contributed by atoms with Crippen molar-refractivity contribution in [3.05, 3.63) is 54.1 Å². The normalized spacial score (nSPS) is 10.3. The van der Waals surface area contributed by atoms with E-state index in [1.165, 1.54) is 0 Å². The van der Waals surface area contributed by atoms with Crippen molar-refractivity contribution in [2.75, 3.05) is 20.3 Å². The minimum atomic E-state index is 0.506. The summed E-state index contributed by atoms with van der Waals surface area (Å²) in [7, 11) is 1.65. The number of rotatable bonds is 7. The highest BCUT2D eigenvalue weighted by Gasteiger charge is 2.02.